The SMILES string of the molecule is Cc1cc(-n2cc(N)c(C(=O)O)n2)ccc1C#N. The number of carboxylic acid groups (broad SMARTS) is 1. The molecule has 0 aliphatic rings. The van der Waals surface area contributed by atoms with Crippen molar-refractivity contribution in [2.75, 3.05) is 5.73 Å². The first-order chi connectivity index (χ1) is 8.52. The first kappa shape index (κ1) is 11.7. The van der Waals surface area contributed by atoms with E-state index in [2.05, 4.69) is 11.2 Å². The van der Waals surface area contributed by atoms with E-state index in [1.165, 1.54) is 10.9 Å². The fourth-order valence-electron chi connectivity index (χ4n) is 1.60. The molecule has 0 bridgehead atoms. The van der Waals surface area contributed by atoms with Gasteiger partial charge in [-0.25, -0.2) is 9.48 Å². The molecule has 1 aromatic heterocycles. The van der Waals surface area contributed by atoms with Crippen LogP contribution in [-0.2, 0) is 0 Å². The smallest absolute Gasteiger partial charge is 0.358 e. The average Bonchev–Trinajstić information content (AvgIpc) is 2.71. The van der Waals surface area contributed by atoms with E-state index >= 15 is 0 Å². The fraction of sp³-hybridized carbons (Fsp3) is 0.0833. The highest BCUT2D eigenvalue weighted by atomic mass is 16.4. The van der Waals surface area contributed by atoms with Gasteiger partial charge in [0.15, 0.2) is 5.69 Å². The maximum absolute atomic E-state index is 10.8. The molecule has 0 radical (unpaired) electrons. The van der Waals surface area contributed by atoms with Crippen molar-refractivity contribution in [1.29, 1.82) is 5.26 Å². The topological polar surface area (TPSA) is 105 Å². The van der Waals surface area contributed by atoms with E-state index in [4.69, 9.17) is 16.1 Å². The Bertz CT molecular complexity index is 667. The number of hydrogen-bond acceptors (Lipinski definition) is 4. The first-order valence-corrected chi connectivity index (χ1v) is 5.12. The minimum atomic E-state index is -1.17. The van der Waals surface area contributed by atoms with Gasteiger partial charge in [-0.3, -0.25) is 0 Å². The standard InChI is InChI=1S/C12H10N4O2/c1-7-4-9(3-2-8(7)5-13)16-6-10(14)11(15-16)12(17)18/h2-4,6H,14H2,1H3,(H,17,18). The van der Waals surface area contributed by atoms with E-state index in [0.717, 1.165) is 5.56 Å². The summed E-state index contributed by atoms with van der Waals surface area (Å²) in [5.74, 6) is -1.17. The molecule has 2 rings (SSSR count). The van der Waals surface area contributed by atoms with Gasteiger partial charge in [0.2, 0.25) is 0 Å². The lowest BCUT2D eigenvalue weighted by atomic mass is 10.1. The normalized spacial score (nSPS) is 10.0. The molecule has 0 amide bonds. The molecule has 1 heterocycles. The lowest BCUT2D eigenvalue weighted by molar-refractivity contribution is 0.0691. The molecular weight excluding hydrogens is 232 g/mol. The molecule has 18 heavy (non-hydrogen) atoms. The molecule has 1 aromatic carbocycles. The summed E-state index contributed by atoms with van der Waals surface area (Å²) in [7, 11) is 0. The molecular formula is C12H10N4O2. The van der Waals surface area contributed by atoms with E-state index in [9.17, 15) is 4.79 Å². The molecule has 0 fully saturated rings. The number of anilines is 1. The summed E-state index contributed by atoms with van der Waals surface area (Å²) >= 11 is 0. The van der Waals surface area contributed by atoms with E-state index in [1.807, 2.05) is 0 Å². The van der Waals surface area contributed by atoms with Crippen LogP contribution < -0.4 is 5.73 Å². The van der Waals surface area contributed by atoms with Crippen LogP contribution in [0.2, 0.25) is 0 Å². The molecule has 0 saturated carbocycles. The molecule has 0 aliphatic heterocycles. The van der Waals surface area contributed by atoms with Crippen molar-refractivity contribution in [2.24, 2.45) is 0 Å². The predicted molar refractivity (Wildman–Crippen MR) is 64.4 cm³/mol. The molecule has 3 N–H and O–H groups in total. The third-order valence-electron chi connectivity index (χ3n) is 2.54. The zero-order valence-corrected chi connectivity index (χ0v) is 9.58. The van der Waals surface area contributed by atoms with E-state index in [0.29, 0.717) is 11.3 Å². The Morgan fingerprint density at radius 1 is 1.56 bits per heavy atom. The van der Waals surface area contributed by atoms with Crippen molar-refractivity contribution in [3.8, 4) is 11.8 Å². The van der Waals surface area contributed by atoms with Gasteiger partial charge in [0.25, 0.3) is 0 Å². The summed E-state index contributed by atoms with van der Waals surface area (Å²) < 4.78 is 1.38. The van der Waals surface area contributed by atoms with E-state index in [-0.39, 0.29) is 11.4 Å². The van der Waals surface area contributed by atoms with Gasteiger partial charge in [-0.15, -0.1) is 0 Å². The van der Waals surface area contributed by atoms with Gasteiger partial charge in [0.05, 0.1) is 29.2 Å². The lowest BCUT2D eigenvalue weighted by Crippen LogP contribution is -2.02. The van der Waals surface area contributed by atoms with Crippen LogP contribution in [0.4, 0.5) is 5.69 Å². The second-order valence-electron chi connectivity index (χ2n) is 3.79. The average molecular weight is 242 g/mol. The fourth-order valence-corrected chi connectivity index (χ4v) is 1.60. The summed E-state index contributed by atoms with van der Waals surface area (Å²) in [6.07, 6.45) is 1.43. The number of carboxylic acids is 1. The molecule has 0 saturated heterocycles. The number of benzene rings is 1. The van der Waals surface area contributed by atoms with E-state index < -0.39 is 5.97 Å². The summed E-state index contributed by atoms with van der Waals surface area (Å²) in [4.78, 5) is 10.8. The van der Waals surface area contributed by atoms with Crippen molar-refractivity contribution < 1.29 is 9.90 Å². The zero-order valence-electron chi connectivity index (χ0n) is 9.58. The first-order valence-electron chi connectivity index (χ1n) is 5.12. The zero-order chi connectivity index (χ0) is 13.3. The van der Waals surface area contributed by atoms with E-state index in [1.54, 1.807) is 25.1 Å². The number of aryl methyl sites for hydroxylation is 1. The number of aromatic carboxylic acids is 1. The highest BCUT2D eigenvalue weighted by Gasteiger charge is 2.14. The number of aromatic nitrogens is 2. The maximum Gasteiger partial charge on any atom is 0.358 e. The van der Waals surface area contributed by atoms with Crippen LogP contribution >= 0.6 is 0 Å². The number of carbonyl (C=O) groups is 1. The largest absolute Gasteiger partial charge is 0.476 e. The maximum atomic E-state index is 10.8. The van der Waals surface area contributed by atoms with Gasteiger partial charge in [-0.2, -0.15) is 10.4 Å². The van der Waals surface area contributed by atoms with Gasteiger partial charge < -0.3 is 10.8 Å². The van der Waals surface area contributed by atoms with Crippen molar-refractivity contribution in [2.45, 2.75) is 6.92 Å². The van der Waals surface area contributed by atoms with Crippen LogP contribution in [0.15, 0.2) is 24.4 Å². The summed E-state index contributed by atoms with van der Waals surface area (Å²) in [6.45, 7) is 1.80. The van der Waals surface area contributed by atoms with Crippen LogP contribution in [0.3, 0.4) is 0 Å². The summed E-state index contributed by atoms with van der Waals surface area (Å²) in [5, 5.41) is 21.6. The van der Waals surface area contributed by atoms with Crippen LogP contribution in [0.5, 0.6) is 0 Å². The van der Waals surface area contributed by atoms with Crippen LogP contribution in [0, 0.1) is 18.3 Å². The highest BCUT2D eigenvalue weighted by Crippen LogP contribution is 2.17. The van der Waals surface area contributed by atoms with Crippen LogP contribution in [-0.4, -0.2) is 20.9 Å². The van der Waals surface area contributed by atoms with Gasteiger partial charge >= 0.3 is 5.97 Å². The van der Waals surface area contributed by atoms with Gasteiger partial charge in [0, 0.05) is 0 Å². The molecule has 2 aromatic rings. The minimum absolute atomic E-state index is 0.101. The third kappa shape index (κ3) is 1.89. The number of rotatable bonds is 2. The molecule has 90 valence electrons. The van der Waals surface area contributed by atoms with Crippen molar-refractivity contribution in [1.82, 2.24) is 9.78 Å². The monoisotopic (exact) mass is 242 g/mol. The summed E-state index contributed by atoms with van der Waals surface area (Å²) in [5.41, 5.74) is 7.49. The van der Waals surface area contributed by atoms with Crippen molar-refractivity contribution in [3.63, 3.8) is 0 Å². The second-order valence-corrected chi connectivity index (χ2v) is 3.79. The number of nitrogens with zero attached hydrogens (tertiary/aromatic N) is 3. The van der Waals surface area contributed by atoms with Crippen molar-refractivity contribution in [3.05, 3.63) is 41.2 Å². The second kappa shape index (κ2) is 4.22. The van der Waals surface area contributed by atoms with Crippen LogP contribution in [0.1, 0.15) is 21.6 Å². The number of nitriles is 1. The minimum Gasteiger partial charge on any atom is -0.476 e. The quantitative estimate of drug-likeness (QED) is 0.826. The Balaban J connectivity index is 2.50. The molecule has 6 heteroatoms. The van der Waals surface area contributed by atoms with Gasteiger partial charge in [-0.1, -0.05) is 0 Å². The molecule has 6 nitrogen and oxygen atoms in total. The Morgan fingerprint density at radius 2 is 2.28 bits per heavy atom. The Hall–Kier alpha value is -2.81. The van der Waals surface area contributed by atoms with Gasteiger partial charge in [0.1, 0.15) is 0 Å². The Kier molecular flexibility index (Phi) is 2.73. The summed E-state index contributed by atoms with van der Waals surface area (Å²) in [6, 6.07) is 7.15. The Morgan fingerprint density at radius 3 is 2.78 bits per heavy atom. The molecule has 0 unspecified atom stereocenters. The number of nitrogens with two attached hydrogens (primary N) is 1. The molecule has 0 atom stereocenters. The third-order valence-corrected chi connectivity index (χ3v) is 2.54. The number of hydrogen-bond donors (Lipinski definition) is 2. The lowest BCUT2D eigenvalue weighted by Gasteiger charge is -2.03. The molecule has 0 spiro atoms. The molecule has 0 aliphatic carbocycles. The predicted octanol–water partition coefficient (Wildman–Crippen LogP) is 1.33. The number of nitrogen functional groups attached to an aromatic ring is 1. The van der Waals surface area contributed by atoms with Crippen LogP contribution in [0.25, 0.3) is 5.69 Å². The van der Waals surface area contributed by atoms with Crippen molar-refractivity contribution >= 4 is 11.7 Å². The highest BCUT2D eigenvalue weighted by molar-refractivity contribution is 5.91. The Labute approximate surface area is 103 Å². The van der Waals surface area contributed by atoms with Gasteiger partial charge in [-0.05, 0) is 30.7 Å².